The summed E-state index contributed by atoms with van der Waals surface area (Å²) in [7, 11) is 0. The first-order chi connectivity index (χ1) is 17.0. The topological polar surface area (TPSA) is 74.8 Å². The molecule has 0 atom stereocenters. The van der Waals surface area contributed by atoms with E-state index in [0.717, 1.165) is 13.1 Å². The molecule has 2 heterocycles. The summed E-state index contributed by atoms with van der Waals surface area (Å²) in [6.07, 6.45) is 1.21. The molecule has 2 amide bonds. The van der Waals surface area contributed by atoms with E-state index >= 15 is 0 Å². The van der Waals surface area contributed by atoms with Gasteiger partial charge in [-0.15, -0.1) is 0 Å². The van der Waals surface area contributed by atoms with Crippen LogP contribution in [0.3, 0.4) is 0 Å². The van der Waals surface area contributed by atoms with Crippen molar-refractivity contribution in [2.24, 2.45) is 0 Å². The molecule has 35 heavy (non-hydrogen) atoms. The summed E-state index contributed by atoms with van der Waals surface area (Å²) in [5, 5.41) is 2.71. The third kappa shape index (κ3) is 6.54. The Morgan fingerprint density at radius 3 is 2.49 bits per heavy atom. The Kier molecular flexibility index (Phi) is 8.26. The molecule has 7 nitrogen and oxygen atoms in total. The van der Waals surface area contributed by atoms with Crippen LogP contribution < -0.4 is 10.2 Å². The molecular weight excluding hydrogens is 460 g/mol. The van der Waals surface area contributed by atoms with Gasteiger partial charge in [0.1, 0.15) is 12.3 Å². The minimum atomic E-state index is -0.352. The second-order valence-electron chi connectivity index (χ2n) is 8.40. The van der Waals surface area contributed by atoms with Gasteiger partial charge in [0.2, 0.25) is 0 Å². The van der Waals surface area contributed by atoms with E-state index in [1.165, 1.54) is 26.6 Å². The molecule has 0 saturated carbocycles. The Labute approximate surface area is 210 Å². The van der Waals surface area contributed by atoms with Gasteiger partial charge >= 0.3 is 6.09 Å². The van der Waals surface area contributed by atoms with Crippen molar-refractivity contribution >= 4 is 29.4 Å². The van der Waals surface area contributed by atoms with Gasteiger partial charge in [-0.25, -0.2) is 4.79 Å². The van der Waals surface area contributed by atoms with Crippen LogP contribution in [0.2, 0.25) is 0 Å². The zero-order chi connectivity index (χ0) is 24.6. The van der Waals surface area contributed by atoms with E-state index in [1.54, 1.807) is 41.1 Å². The number of nitrogens with zero attached hydrogens (tertiary/aromatic N) is 3. The number of hydrogen-bond donors (Lipinski definition) is 1. The molecule has 3 aromatic rings. The second kappa shape index (κ2) is 11.8. The standard InChI is InChI=1S/C27H30N4O3S/c1-20-10-11-24(21(2)19-20)35-25-9-4-3-8-23(25)30-14-16-31(17-15-30)27(33)34-18-13-29-26(32)22-7-5-6-12-28-22/h3-12,19H,13-18H2,1-2H3,(H,29,32). The van der Waals surface area contributed by atoms with Gasteiger partial charge in [0, 0.05) is 42.2 Å². The van der Waals surface area contributed by atoms with Crippen LogP contribution in [0.1, 0.15) is 21.6 Å². The Hall–Kier alpha value is -3.52. The minimum Gasteiger partial charge on any atom is -0.448 e. The normalized spacial score (nSPS) is 13.4. The average molecular weight is 491 g/mol. The first-order valence-electron chi connectivity index (χ1n) is 11.7. The molecule has 0 radical (unpaired) electrons. The van der Waals surface area contributed by atoms with Crippen molar-refractivity contribution in [2.45, 2.75) is 23.6 Å². The van der Waals surface area contributed by atoms with E-state index in [9.17, 15) is 9.59 Å². The fraction of sp³-hybridized carbons (Fsp3) is 0.296. The van der Waals surface area contributed by atoms with Crippen molar-refractivity contribution in [1.82, 2.24) is 15.2 Å². The van der Waals surface area contributed by atoms with E-state index < -0.39 is 0 Å². The number of anilines is 1. The van der Waals surface area contributed by atoms with Crippen molar-refractivity contribution in [3.63, 3.8) is 0 Å². The largest absolute Gasteiger partial charge is 0.448 e. The van der Waals surface area contributed by atoms with Crippen LogP contribution in [-0.4, -0.2) is 61.2 Å². The van der Waals surface area contributed by atoms with Gasteiger partial charge in [-0.2, -0.15) is 0 Å². The highest BCUT2D eigenvalue weighted by molar-refractivity contribution is 7.99. The van der Waals surface area contributed by atoms with Crippen LogP contribution in [0.15, 0.2) is 76.7 Å². The van der Waals surface area contributed by atoms with E-state index in [-0.39, 0.29) is 25.2 Å². The summed E-state index contributed by atoms with van der Waals surface area (Å²) < 4.78 is 5.36. The van der Waals surface area contributed by atoms with Crippen molar-refractivity contribution in [3.8, 4) is 0 Å². The van der Waals surface area contributed by atoms with Crippen molar-refractivity contribution in [3.05, 3.63) is 83.7 Å². The number of carbonyl (C=O) groups excluding carboxylic acids is 2. The van der Waals surface area contributed by atoms with Gasteiger partial charge < -0.3 is 19.9 Å². The van der Waals surface area contributed by atoms with Crippen LogP contribution in [0.5, 0.6) is 0 Å². The number of para-hydroxylation sites is 1. The van der Waals surface area contributed by atoms with Crippen LogP contribution in [0.25, 0.3) is 0 Å². The Balaban J connectivity index is 1.26. The number of carbonyl (C=O) groups is 2. The third-order valence-electron chi connectivity index (χ3n) is 5.80. The number of benzene rings is 2. The molecule has 1 aliphatic rings. The van der Waals surface area contributed by atoms with Crippen LogP contribution in [0.4, 0.5) is 10.5 Å². The summed E-state index contributed by atoms with van der Waals surface area (Å²) in [6.45, 7) is 7.25. The maximum Gasteiger partial charge on any atom is 0.409 e. The smallest absolute Gasteiger partial charge is 0.409 e. The van der Waals surface area contributed by atoms with Crippen molar-refractivity contribution in [2.75, 3.05) is 44.2 Å². The van der Waals surface area contributed by atoms with Crippen LogP contribution in [-0.2, 0) is 4.74 Å². The van der Waals surface area contributed by atoms with Gasteiger partial charge in [0.05, 0.1) is 12.2 Å². The zero-order valence-electron chi connectivity index (χ0n) is 20.1. The summed E-state index contributed by atoms with van der Waals surface area (Å²) in [4.78, 5) is 35.0. The molecule has 0 aliphatic carbocycles. The predicted molar refractivity (Wildman–Crippen MR) is 138 cm³/mol. The molecule has 8 heteroatoms. The molecule has 1 fully saturated rings. The molecule has 2 aromatic carbocycles. The molecule has 0 spiro atoms. The van der Waals surface area contributed by atoms with Crippen LogP contribution in [0, 0.1) is 13.8 Å². The number of nitrogens with one attached hydrogen (secondary N) is 1. The lowest BCUT2D eigenvalue weighted by Gasteiger charge is -2.36. The lowest BCUT2D eigenvalue weighted by Crippen LogP contribution is -2.49. The van der Waals surface area contributed by atoms with Gasteiger partial charge in [0.15, 0.2) is 0 Å². The predicted octanol–water partition coefficient (Wildman–Crippen LogP) is 4.54. The summed E-state index contributed by atoms with van der Waals surface area (Å²) >= 11 is 1.78. The van der Waals surface area contributed by atoms with Gasteiger partial charge in [0.25, 0.3) is 5.91 Å². The van der Waals surface area contributed by atoms with Gasteiger partial charge in [-0.05, 0) is 49.7 Å². The monoisotopic (exact) mass is 490 g/mol. The van der Waals surface area contributed by atoms with E-state index in [4.69, 9.17) is 4.74 Å². The van der Waals surface area contributed by atoms with Crippen LogP contribution >= 0.6 is 11.8 Å². The summed E-state index contributed by atoms with van der Waals surface area (Å²) in [5.41, 5.74) is 4.06. The molecule has 1 aromatic heterocycles. The Morgan fingerprint density at radius 1 is 0.971 bits per heavy atom. The van der Waals surface area contributed by atoms with Crippen molar-refractivity contribution in [1.29, 1.82) is 0 Å². The first-order valence-corrected chi connectivity index (χ1v) is 12.5. The van der Waals surface area contributed by atoms with E-state index in [0.29, 0.717) is 18.8 Å². The number of amides is 2. The number of aromatic nitrogens is 1. The minimum absolute atomic E-state index is 0.118. The Bertz CT molecular complexity index is 1160. The highest BCUT2D eigenvalue weighted by atomic mass is 32.2. The molecule has 1 saturated heterocycles. The number of rotatable bonds is 7. The SMILES string of the molecule is Cc1ccc(Sc2ccccc2N2CCN(C(=O)OCCNC(=O)c3ccccn3)CC2)c(C)c1. The third-order valence-corrected chi connectivity index (χ3v) is 7.05. The number of hydrogen-bond acceptors (Lipinski definition) is 6. The van der Waals surface area contributed by atoms with Gasteiger partial charge in [-0.1, -0.05) is 47.7 Å². The summed E-state index contributed by atoms with van der Waals surface area (Å²) in [5.74, 6) is -0.285. The lowest BCUT2D eigenvalue weighted by atomic mass is 10.2. The highest BCUT2D eigenvalue weighted by Gasteiger charge is 2.24. The molecule has 0 unspecified atom stereocenters. The average Bonchev–Trinajstić information content (AvgIpc) is 2.89. The Morgan fingerprint density at radius 2 is 1.74 bits per heavy atom. The highest BCUT2D eigenvalue weighted by Crippen LogP contribution is 2.37. The molecule has 1 aliphatic heterocycles. The molecule has 4 rings (SSSR count). The summed E-state index contributed by atoms with van der Waals surface area (Å²) in [6, 6.07) is 20.1. The zero-order valence-corrected chi connectivity index (χ0v) is 20.9. The maximum absolute atomic E-state index is 12.5. The molecule has 1 N–H and O–H groups in total. The maximum atomic E-state index is 12.5. The fourth-order valence-corrected chi connectivity index (χ4v) is 4.99. The molecular formula is C27H30N4O3S. The quantitative estimate of drug-likeness (QED) is 0.490. The fourth-order valence-electron chi connectivity index (χ4n) is 3.95. The molecule has 182 valence electrons. The number of ether oxygens (including phenoxy) is 1. The van der Waals surface area contributed by atoms with Gasteiger partial charge in [-0.3, -0.25) is 9.78 Å². The second-order valence-corrected chi connectivity index (χ2v) is 9.48. The number of piperazine rings is 1. The van der Waals surface area contributed by atoms with Crippen molar-refractivity contribution < 1.29 is 14.3 Å². The number of aryl methyl sites for hydroxylation is 2. The number of pyridine rings is 1. The first kappa shape index (κ1) is 24.6. The van der Waals surface area contributed by atoms with E-state index in [1.807, 2.05) is 0 Å². The molecule has 0 bridgehead atoms. The van der Waals surface area contributed by atoms with E-state index in [2.05, 4.69) is 71.5 Å². The lowest BCUT2D eigenvalue weighted by molar-refractivity contribution is 0.0882.